The molecule has 0 aliphatic carbocycles. The van der Waals surface area contributed by atoms with Crippen molar-refractivity contribution in [3.8, 4) is 0 Å². The molecule has 23 heavy (non-hydrogen) atoms. The van der Waals surface area contributed by atoms with Gasteiger partial charge >= 0.3 is 0 Å². The monoisotopic (exact) mass is 316 g/mol. The summed E-state index contributed by atoms with van der Waals surface area (Å²) in [4.78, 5) is 17.6. The number of hydrogen-bond donors (Lipinski definition) is 2. The number of rotatable bonds is 7. The quantitative estimate of drug-likeness (QED) is 0.460. The maximum absolute atomic E-state index is 11.7. The van der Waals surface area contributed by atoms with Crippen LogP contribution in [0.4, 0.5) is 0 Å². The fraction of sp³-hybridized carbons (Fsp3) is 0.444. The average Bonchev–Trinajstić information content (AvgIpc) is 2.56. The van der Waals surface area contributed by atoms with Gasteiger partial charge in [0.15, 0.2) is 5.96 Å². The van der Waals surface area contributed by atoms with Crippen molar-refractivity contribution < 1.29 is 4.79 Å². The number of hydrogen-bond acceptors (Lipinski definition) is 2. The lowest BCUT2D eigenvalue weighted by molar-refractivity contribution is -0.127. The SMILES string of the molecule is C=CCNC(=NCC(=O)N(C)C)NC(C)c1ccc(CC)cc1. The third kappa shape index (κ3) is 6.55. The second kappa shape index (κ2) is 9.66. The summed E-state index contributed by atoms with van der Waals surface area (Å²) < 4.78 is 0. The van der Waals surface area contributed by atoms with Crippen LogP contribution in [0.3, 0.4) is 0 Å². The Hall–Kier alpha value is -2.30. The summed E-state index contributed by atoms with van der Waals surface area (Å²) in [5.74, 6) is 0.567. The van der Waals surface area contributed by atoms with Crippen LogP contribution in [-0.2, 0) is 11.2 Å². The summed E-state index contributed by atoms with van der Waals surface area (Å²) >= 11 is 0. The number of guanidine groups is 1. The van der Waals surface area contributed by atoms with Crippen LogP contribution in [-0.4, -0.2) is 44.0 Å². The fourth-order valence-electron chi connectivity index (χ4n) is 1.94. The van der Waals surface area contributed by atoms with E-state index in [4.69, 9.17) is 0 Å². The van der Waals surface area contributed by atoms with Crippen LogP contribution < -0.4 is 10.6 Å². The van der Waals surface area contributed by atoms with E-state index in [2.05, 4.69) is 60.3 Å². The first-order valence-electron chi connectivity index (χ1n) is 7.92. The van der Waals surface area contributed by atoms with Gasteiger partial charge in [-0.2, -0.15) is 0 Å². The average molecular weight is 316 g/mol. The summed E-state index contributed by atoms with van der Waals surface area (Å²) in [6, 6.07) is 8.60. The van der Waals surface area contributed by atoms with Gasteiger partial charge in [0.2, 0.25) is 5.91 Å². The number of benzene rings is 1. The molecule has 5 heteroatoms. The van der Waals surface area contributed by atoms with E-state index >= 15 is 0 Å². The fourth-order valence-corrected chi connectivity index (χ4v) is 1.94. The Kier molecular flexibility index (Phi) is 7.88. The lowest BCUT2D eigenvalue weighted by atomic mass is 10.1. The first-order valence-corrected chi connectivity index (χ1v) is 7.92. The molecule has 0 aliphatic heterocycles. The largest absolute Gasteiger partial charge is 0.353 e. The second-order valence-electron chi connectivity index (χ2n) is 5.58. The Bertz CT molecular complexity index is 534. The molecule has 0 fully saturated rings. The number of likely N-dealkylation sites (N-methyl/N-ethyl adjacent to an activating group) is 1. The number of aliphatic imine (C=N–C) groups is 1. The Morgan fingerprint density at radius 2 is 2.00 bits per heavy atom. The molecule has 0 saturated heterocycles. The standard InChI is InChI=1S/C18H28N4O/c1-6-12-19-18(20-13-17(23)22(4)5)21-14(3)16-10-8-15(7-2)9-11-16/h6,8-11,14H,1,7,12-13H2,2-5H3,(H2,19,20,21). The minimum Gasteiger partial charge on any atom is -0.353 e. The Labute approximate surface area is 139 Å². The second-order valence-corrected chi connectivity index (χ2v) is 5.58. The van der Waals surface area contributed by atoms with Crippen LogP contribution in [0.5, 0.6) is 0 Å². The van der Waals surface area contributed by atoms with Gasteiger partial charge in [0.05, 0.1) is 6.04 Å². The third-order valence-corrected chi connectivity index (χ3v) is 3.53. The van der Waals surface area contributed by atoms with Gasteiger partial charge < -0.3 is 15.5 Å². The molecule has 1 aromatic rings. The summed E-state index contributed by atoms with van der Waals surface area (Å²) in [5.41, 5.74) is 2.49. The minimum atomic E-state index is -0.0374. The molecular formula is C18H28N4O. The predicted molar refractivity (Wildman–Crippen MR) is 96.6 cm³/mol. The number of carbonyl (C=O) groups is 1. The van der Waals surface area contributed by atoms with E-state index in [0.29, 0.717) is 12.5 Å². The molecule has 0 saturated carbocycles. The van der Waals surface area contributed by atoms with Crippen molar-refractivity contribution in [1.82, 2.24) is 15.5 Å². The Balaban J connectivity index is 2.75. The molecule has 1 rings (SSSR count). The minimum absolute atomic E-state index is 0.0374. The third-order valence-electron chi connectivity index (χ3n) is 3.53. The van der Waals surface area contributed by atoms with Crippen LogP contribution >= 0.6 is 0 Å². The summed E-state index contributed by atoms with van der Waals surface area (Å²) in [5, 5.41) is 6.46. The maximum atomic E-state index is 11.7. The van der Waals surface area contributed by atoms with Crippen molar-refractivity contribution in [2.45, 2.75) is 26.3 Å². The summed E-state index contributed by atoms with van der Waals surface area (Å²) in [6.45, 7) is 8.60. The Morgan fingerprint density at radius 3 is 2.52 bits per heavy atom. The highest BCUT2D eigenvalue weighted by atomic mass is 16.2. The van der Waals surface area contributed by atoms with E-state index in [0.717, 1.165) is 6.42 Å². The van der Waals surface area contributed by atoms with E-state index in [1.165, 1.54) is 16.0 Å². The number of nitrogens with zero attached hydrogens (tertiary/aromatic N) is 2. The van der Waals surface area contributed by atoms with Crippen molar-refractivity contribution in [2.24, 2.45) is 4.99 Å². The smallest absolute Gasteiger partial charge is 0.243 e. The molecule has 1 unspecified atom stereocenters. The molecule has 0 aromatic heterocycles. The molecule has 0 heterocycles. The van der Waals surface area contributed by atoms with Gasteiger partial charge in [-0.1, -0.05) is 37.3 Å². The van der Waals surface area contributed by atoms with Crippen LogP contribution in [0.1, 0.15) is 31.0 Å². The molecule has 0 bridgehead atoms. The van der Waals surface area contributed by atoms with E-state index in [1.807, 2.05) is 0 Å². The number of nitrogens with one attached hydrogen (secondary N) is 2. The van der Waals surface area contributed by atoms with Gasteiger partial charge in [0, 0.05) is 20.6 Å². The predicted octanol–water partition coefficient (Wildman–Crippen LogP) is 2.12. The van der Waals surface area contributed by atoms with Crippen molar-refractivity contribution in [2.75, 3.05) is 27.2 Å². The normalized spacial score (nSPS) is 12.4. The van der Waals surface area contributed by atoms with E-state index < -0.39 is 0 Å². The number of carbonyl (C=O) groups excluding carboxylic acids is 1. The van der Waals surface area contributed by atoms with Gasteiger partial charge in [-0.05, 0) is 24.5 Å². The highest BCUT2D eigenvalue weighted by Crippen LogP contribution is 2.13. The summed E-state index contributed by atoms with van der Waals surface area (Å²) in [7, 11) is 3.44. The van der Waals surface area contributed by atoms with Crippen molar-refractivity contribution in [3.63, 3.8) is 0 Å². The molecule has 5 nitrogen and oxygen atoms in total. The lowest BCUT2D eigenvalue weighted by Gasteiger charge is -2.19. The number of aryl methyl sites for hydroxylation is 1. The molecule has 1 aromatic carbocycles. The molecular weight excluding hydrogens is 288 g/mol. The van der Waals surface area contributed by atoms with Crippen LogP contribution in [0.25, 0.3) is 0 Å². The lowest BCUT2D eigenvalue weighted by Crippen LogP contribution is -2.39. The first kappa shape index (κ1) is 18.7. The summed E-state index contributed by atoms with van der Waals surface area (Å²) in [6.07, 6.45) is 2.79. The van der Waals surface area contributed by atoms with Crippen LogP contribution in [0.15, 0.2) is 41.9 Å². The highest BCUT2D eigenvalue weighted by molar-refractivity contribution is 5.85. The van der Waals surface area contributed by atoms with Crippen LogP contribution in [0.2, 0.25) is 0 Å². The Morgan fingerprint density at radius 1 is 1.35 bits per heavy atom. The van der Waals surface area contributed by atoms with Crippen molar-refractivity contribution in [1.29, 1.82) is 0 Å². The molecule has 1 atom stereocenters. The van der Waals surface area contributed by atoms with Gasteiger partial charge in [-0.15, -0.1) is 6.58 Å². The van der Waals surface area contributed by atoms with Crippen molar-refractivity contribution in [3.05, 3.63) is 48.0 Å². The van der Waals surface area contributed by atoms with Gasteiger partial charge in [-0.3, -0.25) is 4.79 Å². The molecule has 0 aliphatic rings. The van der Waals surface area contributed by atoms with Crippen molar-refractivity contribution >= 4 is 11.9 Å². The molecule has 2 N–H and O–H groups in total. The zero-order valence-electron chi connectivity index (χ0n) is 14.6. The molecule has 126 valence electrons. The topological polar surface area (TPSA) is 56.7 Å². The molecule has 0 radical (unpaired) electrons. The van der Waals surface area contributed by atoms with E-state index in [-0.39, 0.29) is 18.5 Å². The van der Waals surface area contributed by atoms with E-state index in [9.17, 15) is 4.79 Å². The first-order chi connectivity index (χ1) is 11.0. The van der Waals surface area contributed by atoms with Gasteiger partial charge in [-0.25, -0.2) is 4.99 Å². The maximum Gasteiger partial charge on any atom is 0.243 e. The molecule has 0 spiro atoms. The van der Waals surface area contributed by atoms with Gasteiger partial charge in [0.1, 0.15) is 6.54 Å². The highest BCUT2D eigenvalue weighted by Gasteiger charge is 2.09. The van der Waals surface area contributed by atoms with Crippen LogP contribution in [0, 0.1) is 0 Å². The molecule has 1 amide bonds. The number of amides is 1. The zero-order valence-corrected chi connectivity index (χ0v) is 14.6. The zero-order chi connectivity index (χ0) is 17.2. The van der Waals surface area contributed by atoms with E-state index in [1.54, 1.807) is 20.2 Å². The van der Waals surface area contributed by atoms with Gasteiger partial charge in [0.25, 0.3) is 0 Å².